The number of aliphatic hydroxyl groups is 1. The number of ether oxygens (including phenoxy) is 6. The van der Waals surface area contributed by atoms with Crippen molar-refractivity contribution < 1.29 is 38.3 Å². The molecule has 0 radical (unpaired) electrons. The van der Waals surface area contributed by atoms with Crippen LogP contribution in [0.2, 0.25) is 0 Å². The lowest BCUT2D eigenvalue weighted by Gasteiger charge is -2.41. The molecule has 4 saturated heterocycles. The second-order valence-corrected chi connectivity index (χ2v) is 11.9. The number of rotatable bonds is 13. The lowest BCUT2D eigenvalue weighted by molar-refractivity contribution is -0.210. The number of carbonyl (C=O) groups is 1. The Bertz CT molecular complexity index is 773. The van der Waals surface area contributed by atoms with Crippen molar-refractivity contribution in [1.82, 2.24) is 0 Å². The lowest BCUT2D eigenvalue weighted by atomic mass is 9.91. The highest BCUT2D eigenvalue weighted by molar-refractivity contribution is 5.79. The van der Waals surface area contributed by atoms with Crippen LogP contribution in [0.3, 0.4) is 0 Å². The Morgan fingerprint density at radius 2 is 1.84 bits per heavy atom. The number of hydrogen-bond donors (Lipinski definition) is 1. The third kappa shape index (κ3) is 7.87. The van der Waals surface area contributed by atoms with Gasteiger partial charge in [-0.05, 0) is 70.3 Å². The quantitative estimate of drug-likeness (QED) is 0.350. The van der Waals surface area contributed by atoms with E-state index in [-0.39, 0.29) is 60.7 Å². The first-order chi connectivity index (χ1) is 18.3. The summed E-state index contributed by atoms with van der Waals surface area (Å²) in [5.74, 6) is 0.556. The molecule has 4 aliphatic heterocycles. The second-order valence-electron chi connectivity index (χ2n) is 11.9. The maximum Gasteiger partial charge on any atom is 0.135 e. The van der Waals surface area contributed by atoms with Gasteiger partial charge in [-0.2, -0.15) is 0 Å². The Labute approximate surface area is 228 Å². The third-order valence-electron chi connectivity index (χ3n) is 9.00. The third-order valence-corrected chi connectivity index (χ3v) is 9.00. The van der Waals surface area contributed by atoms with Crippen molar-refractivity contribution in [3.8, 4) is 0 Å². The summed E-state index contributed by atoms with van der Waals surface area (Å²) >= 11 is 0. The van der Waals surface area contributed by atoms with Crippen molar-refractivity contribution in [3.05, 3.63) is 12.2 Å². The number of methoxy groups -OCH3 is 1. The molecule has 4 heterocycles. The molecule has 0 amide bonds. The van der Waals surface area contributed by atoms with Crippen molar-refractivity contribution in [1.29, 1.82) is 0 Å². The minimum absolute atomic E-state index is 0.00444. The van der Waals surface area contributed by atoms with Crippen LogP contribution in [0.4, 0.5) is 0 Å². The Hall–Kier alpha value is -0.870. The van der Waals surface area contributed by atoms with Gasteiger partial charge in [-0.1, -0.05) is 13.5 Å². The van der Waals surface area contributed by atoms with Gasteiger partial charge >= 0.3 is 0 Å². The zero-order chi connectivity index (χ0) is 27.2. The molecular weight excluding hydrogens is 488 g/mol. The lowest BCUT2D eigenvalue weighted by Crippen LogP contribution is -2.50. The summed E-state index contributed by atoms with van der Waals surface area (Å²) in [7, 11) is 1.68. The van der Waals surface area contributed by atoms with Gasteiger partial charge in [-0.25, -0.2) is 0 Å². The van der Waals surface area contributed by atoms with Crippen LogP contribution in [0.25, 0.3) is 0 Å². The van der Waals surface area contributed by atoms with Gasteiger partial charge in [0.2, 0.25) is 0 Å². The number of hydrogen-bond acceptors (Lipinski definition) is 8. The first kappa shape index (κ1) is 30.1. The van der Waals surface area contributed by atoms with E-state index in [0.29, 0.717) is 31.8 Å². The van der Waals surface area contributed by atoms with E-state index in [9.17, 15) is 9.90 Å². The average Bonchev–Trinajstić information content (AvgIpc) is 3.61. The van der Waals surface area contributed by atoms with E-state index in [0.717, 1.165) is 57.1 Å². The van der Waals surface area contributed by atoms with E-state index in [2.05, 4.69) is 20.4 Å². The van der Waals surface area contributed by atoms with Crippen LogP contribution in [0.5, 0.6) is 0 Å². The summed E-state index contributed by atoms with van der Waals surface area (Å²) in [4.78, 5) is 12.8. The highest BCUT2D eigenvalue weighted by Crippen LogP contribution is 2.34. The van der Waals surface area contributed by atoms with Gasteiger partial charge < -0.3 is 33.5 Å². The predicted octanol–water partition coefficient (Wildman–Crippen LogP) is 4.15. The largest absolute Gasteiger partial charge is 0.390 e. The van der Waals surface area contributed by atoms with Crippen LogP contribution in [0.1, 0.15) is 85.0 Å². The summed E-state index contributed by atoms with van der Waals surface area (Å²) in [5, 5.41) is 10.9. The SMILES string of the molecule is C=C1COC(CC[C@@H]2C[C@@H](O)C(C(CC)OC3CCC(CC(=O)CC4CCO[C@H]4C)O[C@@H]3C(C)OC)O2)C1. The van der Waals surface area contributed by atoms with Crippen LogP contribution in [0.15, 0.2) is 12.2 Å². The van der Waals surface area contributed by atoms with Crippen molar-refractivity contribution in [2.45, 2.75) is 146 Å². The van der Waals surface area contributed by atoms with Gasteiger partial charge in [0.05, 0.1) is 55.4 Å². The van der Waals surface area contributed by atoms with E-state index < -0.39 is 6.10 Å². The van der Waals surface area contributed by atoms with Crippen molar-refractivity contribution >= 4 is 5.78 Å². The van der Waals surface area contributed by atoms with Gasteiger partial charge in [-0.15, -0.1) is 0 Å². The average molecular weight is 539 g/mol. The molecule has 1 N–H and O–H groups in total. The van der Waals surface area contributed by atoms with E-state index in [1.54, 1.807) is 7.11 Å². The van der Waals surface area contributed by atoms with Crippen LogP contribution in [-0.4, -0.2) is 92.3 Å². The summed E-state index contributed by atoms with van der Waals surface area (Å²) in [5.41, 5.74) is 1.15. The van der Waals surface area contributed by atoms with Gasteiger partial charge in [-0.3, -0.25) is 4.79 Å². The monoisotopic (exact) mass is 538 g/mol. The number of Topliss-reactive ketones (excluding diaryl/α,β-unsaturated/α-hetero) is 1. The molecule has 11 atom stereocenters. The number of carbonyl (C=O) groups excluding carboxylic acids is 1. The molecule has 7 unspecified atom stereocenters. The standard InChI is InChI=1S/C30H50O8/c1-6-27(30-26(32)16-25(37-30)8-7-23-13-18(2)17-35-23)38-28-10-9-24(36-29(28)20(4)33-5)15-22(31)14-21-11-12-34-19(21)3/h19-21,23-30,32H,2,6-17H2,1,3-5H3/t19-,20?,21?,23?,24?,25+,26+,27?,28?,29+,30?/m0/s1. The van der Waals surface area contributed by atoms with Gasteiger partial charge in [0, 0.05) is 33.0 Å². The van der Waals surface area contributed by atoms with Crippen LogP contribution < -0.4 is 0 Å². The highest BCUT2D eigenvalue weighted by atomic mass is 16.6. The van der Waals surface area contributed by atoms with Crippen LogP contribution in [0, 0.1) is 5.92 Å². The molecular formula is C30H50O8. The summed E-state index contributed by atoms with van der Waals surface area (Å²) < 4.78 is 36.5. The van der Waals surface area contributed by atoms with E-state index in [1.165, 1.54) is 0 Å². The van der Waals surface area contributed by atoms with Crippen LogP contribution in [-0.2, 0) is 33.2 Å². The number of ketones is 1. The van der Waals surface area contributed by atoms with E-state index >= 15 is 0 Å². The molecule has 4 aliphatic rings. The second kappa shape index (κ2) is 14.2. The fourth-order valence-electron chi connectivity index (χ4n) is 6.57. The molecule has 8 nitrogen and oxygen atoms in total. The Morgan fingerprint density at radius 3 is 2.50 bits per heavy atom. The van der Waals surface area contributed by atoms with Gasteiger partial charge in [0.25, 0.3) is 0 Å². The minimum atomic E-state index is -0.556. The first-order valence-corrected chi connectivity index (χ1v) is 14.9. The zero-order valence-electron chi connectivity index (χ0n) is 23.8. The summed E-state index contributed by atoms with van der Waals surface area (Å²) in [6.45, 7) is 11.5. The van der Waals surface area contributed by atoms with Gasteiger partial charge in [0.1, 0.15) is 18.0 Å². The Morgan fingerprint density at radius 1 is 1.08 bits per heavy atom. The molecule has 4 fully saturated rings. The molecule has 0 spiro atoms. The smallest absolute Gasteiger partial charge is 0.135 e. The molecule has 0 aromatic rings. The fourth-order valence-corrected chi connectivity index (χ4v) is 6.57. The molecule has 4 rings (SSSR count). The summed E-state index contributed by atoms with van der Waals surface area (Å²) in [6.07, 6.45) is 5.96. The molecule has 0 aromatic heterocycles. The molecule has 0 saturated carbocycles. The van der Waals surface area contributed by atoms with Crippen molar-refractivity contribution in [2.24, 2.45) is 5.92 Å². The maximum atomic E-state index is 12.8. The highest BCUT2D eigenvalue weighted by Gasteiger charge is 2.43. The molecule has 0 aliphatic carbocycles. The van der Waals surface area contributed by atoms with Crippen LogP contribution >= 0.6 is 0 Å². The van der Waals surface area contributed by atoms with Gasteiger partial charge in [0.15, 0.2) is 0 Å². The molecule has 0 bridgehead atoms. The molecule has 218 valence electrons. The Balaban J connectivity index is 1.28. The summed E-state index contributed by atoms with van der Waals surface area (Å²) in [6, 6.07) is 0. The normalized spacial score (nSPS) is 39.5. The number of aliphatic hydroxyl groups excluding tert-OH is 1. The fraction of sp³-hybridized carbons (Fsp3) is 0.900. The molecule has 0 aromatic carbocycles. The molecule has 8 heteroatoms. The maximum absolute atomic E-state index is 12.8. The topological polar surface area (TPSA) is 92.7 Å². The Kier molecular flexibility index (Phi) is 11.2. The van der Waals surface area contributed by atoms with Crippen molar-refractivity contribution in [2.75, 3.05) is 20.3 Å². The molecule has 38 heavy (non-hydrogen) atoms. The van der Waals surface area contributed by atoms with E-state index in [4.69, 9.17) is 28.4 Å². The first-order valence-electron chi connectivity index (χ1n) is 14.9. The zero-order valence-corrected chi connectivity index (χ0v) is 23.8. The van der Waals surface area contributed by atoms with Crippen molar-refractivity contribution in [3.63, 3.8) is 0 Å². The predicted molar refractivity (Wildman–Crippen MR) is 143 cm³/mol. The van der Waals surface area contributed by atoms with E-state index in [1.807, 2.05) is 6.92 Å². The minimum Gasteiger partial charge on any atom is -0.390 e.